The van der Waals surface area contributed by atoms with Gasteiger partial charge in [0.2, 0.25) is 0 Å². The monoisotopic (exact) mass is 283 g/mol. The van der Waals surface area contributed by atoms with Gasteiger partial charge in [-0.1, -0.05) is 23.2 Å². The topological polar surface area (TPSA) is 30.0 Å². The van der Waals surface area contributed by atoms with E-state index in [-0.39, 0.29) is 17.8 Å². The zero-order chi connectivity index (χ0) is 13.1. The molecule has 0 radical (unpaired) electrons. The Hall–Kier alpha value is -1.45. The van der Waals surface area contributed by atoms with Gasteiger partial charge in [-0.25, -0.2) is 4.39 Å². The number of benzene rings is 1. The fraction of sp³-hybridized carbons (Fsp3) is 0.0769. The molecular weight excluding hydrogens is 276 g/mol. The van der Waals surface area contributed by atoms with Crippen LogP contribution in [0.3, 0.4) is 0 Å². The van der Waals surface area contributed by atoms with Crippen LogP contribution in [0.15, 0.2) is 36.7 Å². The third kappa shape index (κ3) is 3.06. The summed E-state index contributed by atoms with van der Waals surface area (Å²) in [5.74, 6) is -0.802. The Labute approximate surface area is 113 Å². The highest BCUT2D eigenvalue weighted by molar-refractivity contribution is 6.33. The molecular formula is C13H8Cl2FNO. The molecule has 0 bridgehead atoms. The molecule has 0 amide bonds. The van der Waals surface area contributed by atoms with Crippen molar-refractivity contribution in [3.05, 3.63) is 63.6 Å². The lowest BCUT2D eigenvalue weighted by atomic mass is 10.0. The maximum atomic E-state index is 12.9. The van der Waals surface area contributed by atoms with Crippen LogP contribution in [0.25, 0.3) is 0 Å². The summed E-state index contributed by atoms with van der Waals surface area (Å²) in [4.78, 5) is 15.6. The van der Waals surface area contributed by atoms with Gasteiger partial charge in [-0.3, -0.25) is 9.78 Å². The summed E-state index contributed by atoms with van der Waals surface area (Å²) in [7, 11) is 0. The Bertz CT molecular complexity index is 601. The third-order valence-corrected chi connectivity index (χ3v) is 2.99. The summed E-state index contributed by atoms with van der Waals surface area (Å²) in [5, 5.41) is 0.955. The molecule has 0 saturated heterocycles. The first-order chi connectivity index (χ1) is 8.56. The fourth-order valence-corrected chi connectivity index (χ4v) is 1.90. The van der Waals surface area contributed by atoms with Crippen molar-refractivity contribution >= 4 is 29.0 Å². The highest BCUT2D eigenvalue weighted by Gasteiger charge is 2.11. The van der Waals surface area contributed by atoms with Crippen molar-refractivity contribution in [3.63, 3.8) is 0 Å². The van der Waals surface area contributed by atoms with Crippen molar-refractivity contribution in [2.75, 3.05) is 0 Å². The zero-order valence-electron chi connectivity index (χ0n) is 9.16. The summed E-state index contributed by atoms with van der Waals surface area (Å²) in [6.45, 7) is 0. The molecule has 18 heavy (non-hydrogen) atoms. The molecule has 0 saturated carbocycles. The Kier molecular flexibility index (Phi) is 3.94. The maximum absolute atomic E-state index is 12.9. The lowest BCUT2D eigenvalue weighted by molar-refractivity contribution is 0.0992. The van der Waals surface area contributed by atoms with Crippen LogP contribution >= 0.6 is 23.2 Å². The number of hydrogen-bond donors (Lipinski definition) is 0. The van der Waals surface area contributed by atoms with Gasteiger partial charge in [0.15, 0.2) is 5.78 Å². The summed E-state index contributed by atoms with van der Waals surface area (Å²) in [6.07, 6.45) is 2.43. The molecule has 92 valence electrons. The van der Waals surface area contributed by atoms with E-state index in [9.17, 15) is 9.18 Å². The van der Waals surface area contributed by atoms with Crippen LogP contribution in [0.2, 0.25) is 10.0 Å². The average Bonchev–Trinajstić information content (AvgIpc) is 2.34. The minimum Gasteiger partial charge on any atom is -0.294 e. The normalized spacial score (nSPS) is 10.4. The van der Waals surface area contributed by atoms with Gasteiger partial charge in [0.1, 0.15) is 5.82 Å². The van der Waals surface area contributed by atoms with Gasteiger partial charge in [-0.2, -0.15) is 0 Å². The minimum absolute atomic E-state index is 0.0600. The van der Waals surface area contributed by atoms with Crippen molar-refractivity contribution in [2.24, 2.45) is 0 Å². The molecule has 1 aromatic carbocycles. The minimum atomic E-state index is -0.543. The average molecular weight is 284 g/mol. The maximum Gasteiger partial charge on any atom is 0.168 e. The summed E-state index contributed by atoms with van der Waals surface area (Å²) < 4.78 is 12.9. The second kappa shape index (κ2) is 5.46. The van der Waals surface area contributed by atoms with Crippen LogP contribution in [-0.4, -0.2) is 10.8 Å². The predicted octanol–water partition coefficient (Wildman–Crippen LogP) is 3.95. The smallest absolute Gasteiger partial charge is 0.168 e. The molecule has 0 fully saturated rings. The Morgan fingerprint density at radius 1 is 1.22 bits per heavy atom. The van der Waals surface area contributed by atoms with E-state index in [2.05, 4.69) is 4.98 Å². The van der Waals surface area contributed by atoms with Crippen LogP contribution in [-0.2, 0) is 6.42 Å². The summed E-state index contributed by atoms with van der Waals surface area (Å²) in [6, 6.07) is 6.03. The van der Waals surface area contributed by atoms with Crippen LogP contribution in [0.5, 0.6) is 0 Å². The molecule has 5 heteroatoms. The highest BCUT2D eigenvalue weighted by atomic mass is 35.5. The third-order valence-electron chi connectivity index (χ3n) is 2.39. The van der Waals surface area contributed by atoms with Gasteiger partial charge in [0, 0.05) is 28.2 Å². The number of ketones is 1. The molecule has 0 atom stereocenters. The molecule has 2 aromatic rings. The molecule has 0 unspecified atom stereocenters. The first-order valence-corrected chi connectivity index (χ1v) is 5.89. The number of carbonyl (C=O) groups excluding carboxylic acids is 1. The highest BCUT2D eigenvalue weighted by Crippen LogP contribution is 2.22. The fourth-order valence-electron chi connectivity index (χ4n) is 1.52. The summed E-state index contributed by atoms with van der Waals surface area (Å²) in [5.41, 5.74) is 0.824. The van der Waals surface area contributed by atoms with E-state index in [0.717, 1.165) is 12.3 Å². The lowest BCUT2D eigenvalue weighted by Crippen LogP contribution is -2.05. The first-order valence-electron chi connectivity index (χ1n) is 5.14. The van der Waals surface area contributed by atoms with Crippen LogP contribution in [0.1, 0.15) is 15.9 Å². The molecule has 0 aliphatic heterocycles. The molecule has 2 rings (SSSR count). The molecule has 0 spiro atoms. The van der Waals surface area contributed by atoms with Crippen LogP contribution in [0.4, 0.5) is 4.39 Å². The predicted molar refractivity (Wildman–Crippen MR) is 68.7 cm³/mol. The van der Waals surface area contributed by atoms with Gasteiger partial charge in [-0.05, 0) is 29.8 Å². The van der Waals surface area contributed by atoms with Crippen LogP contribution < -0.4 is 0 Å². The van der Waals surface area contributed by atoms with E-state index < -0.39 is 5.82 Å². The second-order valence-corrected chi connectivity index (χ2v) is 4.57. The van der Waals surface area contributed by atoms with Crippen molar-refractivity contribution < 1.29 is 9.18 Å². The van der Waals surface area contributed by atoms with Gasteiger partial charge < -0.3 is 0 Å². The standard InChI is InChI=1S/C13H8Cl2FNO/c14-10-1-2-12(15)8(3-10)5-13(18)9-4-11(16)7-17-6-9/h1-4,6-7H,5H2. The van der Waals surface area contributed by atoms with E-state index >= 15 is 0 Å². The van der Waals surface area contributed by atoms with Gasteiger partial charge in [-0.15, -0.1) is 0 Å². The molecule has 0 N–H and O–H groups in total. The van der Waals surface area contributed by atoms with E-state index in [4.69, 9.17) is 23.2 Å². The molecule has 2 nitrogen and oxygen atoms in total. The Balaban J connectivity index is 2.24. The SMILES string of the molecule is O=C(Cc1cc(Cl)ccc1Cl)c1cncc(F)c1. The Morgan fingerprint density at radius 2 is 2.00 bits per heavy atom. The van der Waals surface area contributed by atoms with E-state index in [0.29, 0.717) is 15.6 Å². The number of nitrogens with zero attached hydrogens (tertiary/aromatic N) is 1. The number of rotatable bonds is 3. The second-order valence-electron chi connectivity index (χ2n) is 3.73. The van der Waals surface area contributed by atoms with Crippen molar-refractivity contribution in [3.8, 4) is 0 Å². The largest absolute Gasteiger partial charge is 0.294 e. The van der Waals surface area contributed by atoms with E-state index in [1.165, 1.54) is 6.20 Å². The van der Waals surface area contributed by atoms with Crippen molar-refractivity contribution in [2.45, 2.75) is 6.42 Å². The van der Waals surface area contributed by atoms with Crippen molar-refractivity contribution in [1.29, 1.82) is 0 Å². The Morgan fingerprint density at radius 3 is 2.72 bits per heavy atom. The number of hydrogen-bond acceptors (Lipinski definition) is 2. The number of aromatic nitrogens is 1. The van der Waals surface area contributed by atoms with Gasteiger partial charge >= 0.3 is 0 Å². The quantitative estimate of drug-likeness (QED) is 0.799. The first kappa shape index (κ1) is 13.0. The molecule has 1 heterocycles. The van der Waals surface area contributed by atoms with Crippen LogP contribution in [0, 0.1) is 5.82 Å². The van der Waals surface area contributed by atoms with E-state index in [1.807, 2.05) is 0 Å². The molecule has 1 aromatic heterocycles. The number of halogens is 3. The van der Waals surface area contributed by atoms with Gasteiger partial charge in [0.25, 0.3) is 0 Å². The van der Waals surface area contributed by atoms with Gasteiger partial charge in [0.05, 0.1) is 6.20 Å². The zero-order valence-corrected chi connectivity index (χ0v) is 10.7. The summed E-state index contributed by atoms with van der Waals surface area (Å²) >= 11 is 11.8. The number of Topliss-reactive ketones (excluding diaryl/α,β-unsaturated/α-hetero) is 1. The molecule has 0 aliphatic carbocycles. The number of carbonyl (C=O) groups is 1. The van der Waals surface area contributed by atoms with E-state index in [1.54, 1.807) is 18.2 Å². The molecule has 0 aliphatic rings. The number of pyridine rings is 1. The lowest BCUT2D eigenvalue weighted by Gasteiger charge is -2.04. The van der Waals surface area contributed by atoms with Crippen molar-refractivity contribution in [1.82, 2.24) is 4.98 Å².